The highest BCUT2D eigenvalue weighted by Gasteiger charge is 2.42. The normalized spacial score (nSPS) is 12.0. The minimum Gasteiger partial charge on any atom is -0.490 e. The first-order chi connectivity index (χ1) is 23.2. The predicted molar refractivity (Wildman–Crippen MR) is 180 cm³/mol. The number of unbranched alkanes of at least 4 members (excludes halogenated alkanes) is 12. The van der Waals surface area contributed by atoms with Crippen LogP contribution < -0.4 is 9.47 Å². The predicted octanol–water partition coefficient (Wildman–Crippen LogP) is 10.7. The summed E-state index contributed by atoms with van der Waals surface area (Å²) in [7, 11) is 0. The highest BCUT2D eigenvalue weighted by Crippen LogP contribution is 2.28. The van der Waals surface area contributed by atoms with Crippen LogP contribution in [0.5, 0.6) is 11.5 Å². The topological polar surface area (TPSA) is 87.6 Å². The van der Waals surface area contributed by atoms with Crippen LogP contribution >= 0.6 is 0 Å². The lowest BCUT2D eigenvalue weighted by molar-refractivity contribution is -0.206. The minimum absolute atomic E-state index is 0.0781. The Bertz CT molecular complexity index is 1350. The van der Waals surface area contributed by atoms with E-state index in [0.717, 1.165) is 12.8 Å². The van der Waals surface area contributed by atoms with Crippen LogP contribution in [0.15, 0.2) is 60.9 Å². The van der Waals surface area contributed by atoms with Gasteiger partial charge >= 0.3 is 18.1 Å². The molecule has 0 saturated heterocycles. The molecule has 0 fully saturated rings. The van der Waals surface area contributed by atoms with Gasteiger partial charge in [0.1, 0.15) is 5.75 Å². The van der Waals surface area contributed by atoms with Crippen LogP contribution in [-0.2, 0) is 4.74 Å². The van der Waals surface area contributed by atoms with E-state index >= 15 is 0 Å². The zero-order chi connectivity index (χ0) is 34.6. The molecule has 0 bridgehead atoms. The monoisotopic (exact) mass is 670 g/mol. The molecule has 3 aromatic rings. The van der Waals surface area contributed by atoms with E-state index in [1.54, 1.807) is 43.6 Å². The third-order valence-electron chi connectivity index (χ3n) is 8.01. The zero-order valence-electron chi connectivity index (χ0n) is 28.2. The number of esters is 2. The Kier molecular flexibility index (Phi) is 16.9. The first-order valence-electron chi connectivity index (χ1n) is 17.4. The maximum absolute atomic E-state index is 13.2. The van der Waals surface area contributed by atoms with Crippen molar-refractivity contribution >= 4 is 11.9 Å². The standard InChI is InChI=1S/C38H49F3N2O5/c1-3-5-7-8-9-10-11-12-13-14-15-16-26-46-33-27-42-35(43-28-33)29-18-20-30(21-19-29)36(44)47-32-24-22-31(23-25-32)37(45)48-34(17-6-4-2)38(39,40)41/h18-25,27-28,34H,3-17,26H2,1-2H3/t34-/m0/s1. The Morgan fingerprint density at radius 1 is 0.646 bits per heavy atom. The summed E-state index contributed by atoms with van der Waals surface area (Å²) in [5.74, 6) is -0.517. The van der Waals surface area contributed by atoms with E-state index in [0.29, 0.717) is 30.2 Å². The second-order valence-electron chi connectivity index (χ2n) is 12.0. The van der Waals surface area contributed by atoms with Gasteiger partial charge in [-0.05, 0) is 55.7 Å². The number of carbonyl (C=O) groups is 2. The third-order valence-corrected chi connectivity index (χ3v) is 8.01. The summed E-state index contributed by atoms with van der Waals surface area (Å²) in [6, 6.07) is 11.7. The molecule has 2 aromatic carbocycles. The molecular formula is C38H49F3N2O5. The largest absolute Gasteiger partial charge is 0.490 e. The van der Waals surface area contributed by atoms with Gasteiger partial charge in [-0.3, -0.25) is 0 Å². The Labute approximate surface area is 282 Å². The van der Waals surface area contributed by atoms with Gasteiger partial charge in [0.05, 0.1) is 30.1 Å². The number of hydrogen-bond donors (Lipinski definition) is 0. The molecule has 7 nitrogen and oxygen atoms in total. The van der Waals surface area contributed by atoms with E-state index in [2.05, 4.69) is 16.9 Å². The number of carbonyl (C=O) groups excluding carboxylic acids is 2. The fourth-order valence-electron chi connectivity index (χ4n) is 5.13. The van der Waals surface area contributed by atoms with Crippen molar-refractivity contribution in [2.45, 2.75) is 122 Å². The number of halogens is 3. The molecular weight excluding hydrogens is 621 g/mol. The van der Waals surface area contributed by atoms with Crippen molar-refractivity contribution < 1.29 is 37.0 Å². The van der Waals surface area contributed by atoms with Crippen LogP contribution in [0.1, 0.15) is 131 Å². The molecule has 0 spiro atoms. The molecule has 0 aliphatic heterocycles. The van der Waals surface area contributed by atoms with E-state index in [1.165, 1.54) is 88.5 Å². The number of hydrogen-bond acceptors (Lipinski definition) is 7. The molecule has 0 unspecified atom stereocenters. The molecule has 0 saturated carbocycles. The highest BCUT2D eigenvalue weighted by atomic mass is 19.4. The quantitative estimate of drug-likeness (QED) is 0.0597. The number of alkyl halides is 3. The van der Waals surface area contributed by atoms with Gasteiger partial charge in [-0.25, -0.2) is 19.6 Å². The SMILES string of the molecule is CCCCCCCCCCCCCCOc1cnc(-c2ccc(C(=O)Oc3ccc(C(=O)O[C@@H](CCCC)C(F)(F)F)cc3)cc2)nc1. The Hall–Kier alpha value is -3.95. The van der Waals surface area contributed by atoms with Crippen molar-refractivity contribution in [3.05, 3.63) is 72.1 Å². The number of rotatable bonds is 22. The van der Waals surface area contributed by atoms with Gasteiger partial charge in [0.25, 0.3) is 0 Å². The summed E-state index contributed by atoms with van der Waals surface area (Å²) in [6.07, 6.45) is 12.4. The van der Waals surface area contributed by atoms with Crippen molar-refractivity contribution in [3.8, 4) is 22.9 Å². The van der Waals surface area contributed by atoms with Gasteiger partial charge in [-0.15, -0.1) is 0 Å². The van der Waals surface area contributed by atoms with Crippen LogP contribution in [0.2, 0.25) is 0 Å². The summed E-state index contributed by atoms with van der Waals surface area (Å²) in [6.45, 7) is 4.63. The molecule has 0 aliphatic carbocycles. The van der Waals surface area contributed by atoms with E-state index in [1.807, 2.05) is 0 Å². The molecule has 262 valence electrons. The van der Waals surface area contributed by atoms with Crippen LogP contribution in [0.25, 0.3) is 11.4 Å². The molecule has 1 aromatic heterocycles. The molecule has 0 radical (unpaired) electrons. The summed E-state index contributed by atoms with van der Waals surface area (Å²) in [5, 5.41) is 0. The summed E-state index contributed by atoms with van der Waals surface area (Å²) < 4.78 is 55.5. The summed E-state index contributed by atoms with van der Waals surface area (Å²) in [5.41, 5.74) is 0.900. The fourth-order valence-corrected chi connectivity index (χ4v) is 5.13. The number of benzene rings is 2. The lowest BCUT2D eigenvalue weighted by atomic mass is 10.1. The second kappa shape index (κ2) is 21.1. The van der Waals surface area contributed by atoms with Crippen molar-refractivity contribution in [2.24, 2.45) is 0 Å². The van der Waals surface area contributed by atoms with Crippen molar-refractivity contribution in [2.75, 3.05) is 6.61 Å². The van der Waals surface area contributed by atoms with Gasteiger partial charge in [-0.2, -0.15) is 13.2 Å². The molecule has 0 aliphatic rings. The highest BCUT2D eigenvalue weighted by molar-refractivity contribution is 5.92. The Balaban J connectivity index is 1.37. The second-order valence-corrected chi connectivity index (χ2v) is 12.0. The lowest BCUT2D eigenvalue weighted by Crippen LogP contribution is -2.33. The Morgan fingerprint density at radius 3 is 1.69 bits per heavy atom. The first-order valence-corrected chi connectivity index (χ1v) is 17.4. The van der Waals surface area contributed by atoms with Crippen LogP contribution in [0.4, 0.5) is 13.2 Å². The van der Waals surface area contributed by atoms with Gasteiger partial charge in [0.15, 0.2) is 17.7 Å². The summed E-state index contributed by atoms with van der Waals surface area (Å²) in [4.78, 5) is 33.7. The molecule has 0 N–H and O–H groups in total. The van der Waals surface area contributed by atoms with Crippen LogP contribution in [0.3, 0.4) is 0 Å². The van der Waals surface area contributed by atoms with Gasteiger partial charge in [-0.1, -0.05) is 103 Å². The van der Waals surface area contributed by atoms with E-state index < -0.39 is 24.2 Å². The molecule has 48 heavy (non-hydrogen) atoms. The molecule has 1 heterocycles. The van der Waals surface area contributed by atoms with Crippen molar-refractivity contribution in [1.82, 2.24) is 9.97 Å². The maximum atomic E-state index is 13.2. The van der Waals surface area contributed by atoms with Crippen molar-refractivity contribution in [1.29, 1.82) is 0 Å². The minimum atomic E-state index is -4.65. The average molecular weight is 671 g/mol. The van der Waals surface area contributed by atoms with Gasteiger partial charge < -0.3 is 14.2 Å². The average Bonchev–Trinajstić information content (AvgIpc) is 3.08. The van der Waals surface area contributed by atoms with E-state index in [-0.39, 0.29) is 29.7 Å². The van der Waals surface area contributed by atoms with Gasteiger partial charge in [0, 0.05) is 5.56 Å². The molecule has 10 heteroatoms. The maximum Gasteiger partial charge on any atom is 0.425 e. The molecule has 0 amide bonds. The van der Waals surface area contributed by atoms with E-state index in [4.69, 9.17) is 14.2 Å². The van der Waals surface area contributed by atoms with Crippen LogP contribution in [-0.4, -0.2) is 40.8 Å². The van der Waals surface area contributed by atoms with Crippen molar-refractivity contribution in [3.63, 3.8) is 0 Å². The number of nitrogens with zero attached hydrogens (tertiary/aromatic N) is 2. The molecule has 3 rings (SSSR count). The summed E-state index contributed by atoms with van der Waals surface area (Å²) >= 11 is 0. The number of ether oxygens (including phenoxy) is 3. The smallest absolute Gasteiger partial charge is 0.425 e. The lowest BCUT2D eigenvalue weighted by Gasteiger charge is -2.20. The first kappa shape index (κ1) is 38.5. The molecule has 1 atom stereocenters. The van der Waals surface area contributed by atoms with E-state index in [9.17, 15) is 22.8 Å². The zero-order valence-corrected chi connectivity index (χ0v) is 28.2. The fraction of sp³-hybridized carbons (Fsp3) is 0.526. The van der Waals surface area contributed by atoms with Crippen LogP contribution in [0, 0.1) is 0 Å². The van der Waals surface area contributed by atoms with Gasteiger partial charge in [0.2, 0.25) is 0 Å². The Morgan fingerprint density at radius 2 is 1.15 bits per heavy atom. The third kappa shape index (κ3) is 14.0. The number of aromatic nitrogens is 2.